The van der Waals surface area contributed by atoms with Crippen molar-refractivity contribution in [3.63, 3.8) is 0 Å². The number of likely N-dealkylation sites (N-methyl/N-ethyl adjacent to an activating group) is 2. The molecule has 1 aliphatic heterocycles. The van der Waals surface area contributed by atoms with Gasteiger partial charge in [0.15, 0.2) is 0 Å². The van der Waals surface area contributed by atoms with Crippen molar-refractivity contribution in [2.45, 2.75) is 18.4 Å². The average molecular weight is 189 g/mol. The molecule has 0 unspecified atom stereocenters. The number of nitrogens with one attached hydrogen (secondary N) is 2. The molecule has 1 fully saturated rings. The van der Waals surface area contributed by atoms with Crippen LogP contribution in [0.4, 0.5) is 4.48 Å². The molecule has 0 spiro atoms. The van der Waals surface area contributed by atoms with E-state index in [0.29, 0.717) is 25.9 Å². The number of halogens is 1. The molecule has 1 amide bonds. The number of amides is 1. The van der Waals surface area contributed by atoms with Crippen molar-refractivity contribution in [1.29, 1.82) is 0 Å². The quantitative estimate of drug-likeness (QED) is 0.585. The highest BCUT2D eigenvalue weighted by Gasteiger charge is 2.39. The molecule has 76 valence electrons. The van der Waals surface area contributed by atoms with Crippen LogP contribution in [0.15, 0.2) is 0 Å². The first-order valence-electron chi connectivity index (χ1n) is 4.46. The topological polar surface area (TPSA) is 44.4 Å². The molecular weight excluding hydrogens is 173 g/mol. The molecular formula is C8H16FN3O. The highest BCUT2D eigenvalue weighted by molar-refractivity contribution is 5.86. The fourth-order valence-electron chi connectivity index (χ4n) is 1.69. The summed E-state index contributed by atoms with van der Waals surface area (Å²) >= 11 is 0. The van der Waals surface area contributed by atoms with Crippen LogP contribution in [-0.2, 0) is 4.79 Å². The number of carbonyl (C=O) groups excluding carboxylic acids is 1. The van der Waals surface area contributed by atoms with E-state index in [4.69, 9.17) is 0 Å². The molecule has 0 aromatic rings. The molecule has 0 bridgehead atoms. The van der Waals surface area contributed by atoms with Gasteiger partial charge in [-0.3, -0.25) is 4.79 Å². The first-order valence-corrected chi connectivity index (χ1v) is 4.46. The number of carbonyl (C=O) groups is 1. The maximum Gasteiger partial charge on any atom is 0.240 e. The predicted octanol–water partition coefficient (Wildman–Crippen LogP) is -0.329. The Balaban J connectivity index is 2.65. The minimum absolute atomic E-state index is 0.0527. The van der Waals surface area contributed by atoms with Crippen LogP contribution in [0.25, 0.3) is 0 Å². The third-order valence-electron chi connectivity index (χ3n) is 2.70. The second-order valence-electron chi connectivity index (χ2n) is 3.32. The maximum absolute atomic E-state index is 12.7. The van der Waals surface area contributed by atoms with E-state index in [9.17, 15) is 9.28 Å². The zero-order valence-electron chi connectivity index (χ0n) is 8.06. The van der Waals surface area contributed by atoms with Crippen LogP contribution < -0.4 is 10.6 Å². The maximum atomic E-state index is 12.7. The normalized spacial score (nSPS) is 22.7. The van der Waals surface area contributed by atoms with E-state index in [1.54, 1.807) is 14.1 Å². The van der Waals surface area contributed by atoms with Gasteiger partial charge in [-0.05, 0) is 19.9 Å². The van der Waals surface area contributed by atoms with Crippen molar-refractivity contribution in [3.8, 4) is 0 Å². The highest BCUT2D eigenvalue weighted by Crippen LogP contribution is 2.22. The van der Waals surface area contributed by atoms with E-state index < -0.39 is 5.54 Å². The molecule has 5 heteroatoms. The summed E-state index contributed by atoms with van der Waals surface area (Å²) < 4.78 is 12.7. The molecule has 1 aliphatic rings. The molecule has 13 heavy (non-hydrogen) atoms. The molecule has 0 aliphatic carbocycles. The van der Waals surface area contributed by atoms with Crippen molar-refractivity contribution in [1.82, 2.24) is 15.8 Å². The largest absolute Gasteiger partial charge is 0.358 e. The standard InChI is InChI=1S/C8H16FN3O/c1-10-7(13)8(11-2)3-5-12(9)6-4-8/h11H,3-6H2,1-2H3,(H,10,13). The monoisotopic (exact) mass is 189 g/mol. The number of rotatable bonds is 2. The lowest BCUT2D eigenvalue weighted by atomic mass is 9.87. The number of nitrogens with zero attached hydrogens (tertiary/aromatic N) is 1. The van der Waals surface area contributed by atoms with Gasteiger partial charge in [0.25, 0.3) is 0 Å². The molecule has 1 rings (SSSR count). The lowest BCUT2D eigenvalue weighted by Crippen LogP contribution is -2.59. The Bertz CT molecular complexity index is 190. The van der Waals surface area contributed by atoms with Crippen LogP contribution in [0.5, 0.6) is 0 Å². The number of piperidine rings is 1. The van der Waals surface area contributed by atoms with E-state index in [1.165, 1.54) is 0 Å². The molecule has 0 atom stereocenters. The van der Waals surface area contributed by atoms with Crippen molar-refractivity contribution in [2.24, 2.45) is 0 Å². The first kappa shape index (κ1) is 10.4. The first-order chi connectivity index (χ1) is 6.14. The van der Waals surface area contributed by atoms with E-state index in [0.717, 1.165) is 5.12 Å². The van der Waals surface area contributed by atoms with Gasteiger partial charge in [0, 0.05) is 20.1 Å². The van der Waals surface area contributed by atoms with Gasteiger partial charge in [0.2, 0.25) is 5.91 Å². The Labute approximate surface area is 77.4 Å². The fraction of sp³-hybridized carbons (Fsp3) is 0.875. The Morgan fingerprint density at radius 1 is 1.38 bits per heavy atom. The van der Waals surface area contributed by atoms with Crippen molar-refractivity contribution < 1.29 is 9.28 Å². The molecule has 0 radical (unpaired) electrons. The van der Waals surface area contributed by atoms with E-state index >= 15 is 0 Å². The summed E-state index contributed by atoms with van der Waals surface area (Å²) in [6.45, 7) is 0.628. The molecule has 4 nitrogen and oxygen atoms in total. The SMILES string of the molecule is CNC(=O)C1(NC)CCN(F)CC1. The van der Waals surface area contributed by atoms with Crippen LogP contribution in [-0.4, -0.2) is 43.8 Å². The summed E-state index contributed by atoms with van der Waals surface area (Å²) in [4.78, 5) is 11.5. The van der Waals surface area contributed by atoms with E-state index in [-0.39, 0.29) is 5.91 Å². The summed E-state index contributed by atoms with van der Waals surface area (Å²) in [5.41, 5.74) is -0.572. The number of hydrogen-bond donors (Lipinski definition) is 2. The van der Waals surface area contributed by atoms with Crippen LogP contribution in [0, 0.1) is 0 Å². The second kappa shape index (κ2) is 4.02. The van der Waals surface area contributed by atoms with Crippen molar-refractivity contribution in [2.75, 3.05) is 27.2 Å². The Morgan fingerprint density at radius 2 is 1.92 bits per heavy atom. The third-order valence-corrected chi connectivity index (χ3v) is 2.70. The van der Waals surface area contributed by atoms with Gasteiger partial charge in [-0.1, -0.05) is 0 Å². The van der Waals surface area contributed by atoms with Gasteiger partial charge in [-0.15, -0.1) is 9.60 Å². The van der Waals surface area contributed by atoms with Crippen molar-refractivity contribution >= 4 is 5.91 Å². The Hall–Kier alpha value is -0.680. The molecule has 0 aromatic carbocycles. The molecule has 2 N–H and O–H groups in total. The van der Waals surface area contributed by atoms with Gasteiger partial charge in [-0.25, -0.2) is 0 Å². The third kappa shape index (κ3) is 1.97. The van der Waals surface area contributed by atoms with Gasteiger partial charge in [-0.2, -0.15) is 0 Å². The average Bonchev–Trinajstić information content (AvgIpc) is 2.18. The zero-order valence-corrected chi connectivity index (χ0v) is 8.06. The van der Waals surface area contributed by atoms with Crippen LogP contribution in [0.1, 0.15) is 12.8 Å². The summed E-state index contributed by atoms with van der Waals surface area (Å²) in [5, 5.41) is 6.33. The Morgan fingerprint density at radius 3 is 2.31 bits per heavy atom. The summed E-state index contributed by atoms with van der Waals surface area (Å²) in [5.74, 6) is -0.0527. The van der Waals surface area contributed by atoms with E-state index in [1.807, 2.05) is 0 Å². The van der Waals surface area contributed by atoms with Crippen LogP contribution in [0.3, 0.4) is 0 Å². The minimum atomic E-state index is -0.572. The second-order valence-corrected chi connectivity index (χ2v) is 3.32. The summed E-state index contributed by atoms with van der Waals surface area (Å²) in [6.07, 6.45) is 1.03. The minimum Gasteiger partial charge on any atom is -0.358 e. The van der Waals surface area contributed by atoms with Gasteiger partial charge in [0.05, 0.1) is 0 Å². The van der Waals surface area contributed by atoms with Crippen molar-refractivity contribution in [3.05, 3.63) is 0 Å². The summed E-state index contributed by atoms with van der Waals surface area (Å²) in [6, 6.07) is 0. The predicted molar refractivity (Wildman–Crippen MR) is 47.8 cm³/mol. The smallest absolute Gasteiger partial charge is 0.240 e. The van der Waals surface area contributed by atoms with Crippen LogP contribution >= 0.6 is 0 Å². The van der Waals surface area contributed by atoms with E-state index in [2.05, 4.69) is 10.6 Å². The molecule has 0 aromatic heterocycles. The molecule has 1 saturated heterocycles. The molecule has 1 heterocycles. The lowest BCUT2D eigenvalue weighted by Gasteiger charge is -2.36. The summed E-state index contributed by atoms with van der Waals surface area (Å²) in [7, 11) is 3.34. The molecule has 0 saturated carbocycles. The highest BCUT2D eigenvalue weighted by atomic mass is 19.2. The lowest BCUT2D eigenvalue weighted by molar-refractivity contribution is -0.131. The van der Waals surface area contributed by atoms with Crippen LogP contribution in [0.2, 0.25) is 0 Å². The Kier molecular flexibility index (Phi) is 3.22. The zero-order chi connectivity index (χ0) is 9.90. The van der Waals surface area contributed by atoms with Gasteiger partial charge < -0.3 is 10.6 Å². The fourth-order valence-corrected chi connectivity index (χ4v) is 1.69. The number of hydrogen-bond acceptors (Lipinski definition) is 3. The van der Waals surface area contributed by atoms with Gasteiger partial charge >= 0.3 is 0 Å². The van der Waals surface area contributed by atoms with Gasteiger partial charge in [0.1, 0.15) is 5.54 Å².